The number of nitrogens with zero attached hydrogens (tertiary/aromatic N) is 2. The van der Waals surface area contributed by atoms with E-state index in [1.807, 2.05) is 12.1 Å². The van der Waals surface area contributed by atoms with Crippen LogP contribution in [0.2, 0.25) is 5.02 Å². The average Bonchev–Trinajstić information content (AvgIpc) is 3.19. The second-order valence-electron chi connectivity index (χ2n) is 5.85. The normalized spacial score (nSPS) is 26.0. The SMILES string of the molecule is Clc1ccc2c(c1)nc(C1CCCO1)n2CC1CCCO1. The summed E-state index contributed by atoms with van der Waals surface area (Å²) in [6, 6.07) is 5.91. The molecule has 2 saturated heterocycles. The Morgan fingerprint density at radius 1 is 1.19 bits per heavy atom. The van der Waals surface area contributed by atoms with E-state index in [1.165, 1.54) is 0 Å². The Kier molecular flexibility index (Phi) is 3.61. The molecule has 2 aromatic rings. The Balaban J connectivity index is 1.77. The van der Waals surface area contributed by atoms with E-state index in [0.717, 1.165) is 67.3 Å². The molecule has 0 amide bonds. The van der Waals surface area contributed by atoms with Crippen molar-refractivity contribution in [2.45, 2.75) is 44.4 Å². The molecule has 21 heavy (non-hydrogen) atoms. The van der Waals surface area contributed by atoms with Gasteiger partial charge in [-0.3, -0.25) is 0 Å². The second-order valence-corrected chi connectivity index (χ2v) is 6.29. The van der Waals surface area contributed by atoms with E-state index in [-0.39, 0.29) is 6.10 Å². The van der Waals surface area contributed by atoms with Gasteiger partial charge in [0.25, 0.3) is 0 Å². The summed E-state index contributed by atoms with van der Waals surface area (Å²) in [5, 5.41) is 0.725. The Labute approximate surface area is 129 Å². The summed E-state index contributed by atoms with van der Waals surface area (Å²) >= 11 is 6.11. The largest absolute Gasteiger partial charge is 0.376 e. The molecule has 0 saturated carbocycles. The van der Waals surface area contributed by atoms with Gasteiger partial charge in [-0.25, -0.2) is 4.98 Å². The molecule has 0 aliphatic carbocycles. The number of rotatable bonds is 3. The van der Waals surface area contributed by atoms with Crippen LogP contribution in [0.3, 0.4) is 0 Å². The predicted molar refractivity (Wildman–Crippen MR) is 81.6 cm³/mol. The highest BCUT2D eigenvalue weighted by atomic mass is 35.5. The summed E-state index contributed by atoms with van der Waals surface area (Å²) in [6.45, 7) is 2.56. The molecule has 1 aromatic heterocycles. The Morgan fingerprint density at radius 2 is 2.05 bits per heavy atom. The molecule has 112 valence electrons. The van der Waals surface area contributed by atoms with E-state index < -0.39 is 0 Å². The van der Waals surface area contributed by atoms with E-state index in [0.29, 0.717) is 6.10 Å². The van der Waals surface area contributed by atoms with E-state index in [2.05, 4.69) is 10.6 Å². The number of fused-ring (bicyclic) bond motifs is 1. The number of halogens is 1. The minimum atomic E-state index is 0.109. The van der Waals surface area contributed by atoms with Crippen molar-refractivity contribution < 1.29 is 9.47 Å². The van der Waals surface area contributed by atoms with Gasteiger partial charge in [-0.15, -0.1) is 0 Å². The number of ether oxygens (including phenoxy) is 2. The summed E-state index contributed by atoms with van der Waals surface area (Å²) in [5.74, 6) is 1.03. The van der Waals surface area contributed by atoms with Gasteiger partial charge in [-0.05, 0) is 43.9 Å². The third kappa shape index (κ3) is 2.56. The van der Waals surface area contributed by atoms with Crippen molar-refractivity contribution in [3.8, 4) is 0 Å². The molecule has 1 aromatic carbocycles. The molecule has 0 bridgehead atoms. The Bertz CT molecular complexity index is 643. The molecule has 2 fully saturated rings. The topological polar surface area (TPSA) is 36.3 Å². The highest BCUT2D eigenvalue weighted by Crippen LogP contribution is 2.32. The maximum absolute atomic E-state index is 6.11. The number of hydrogen-bond acceptors (Lipinski definition) is 3. The van der Waals surface area contributed by atoms with Crippen LogP contribution in [0.25, 0.3) is 11.0 Å². The van der Waals surface area contributed by atoms with Gasteiger partial charge in [0.15, 0.2) is 0 Å². The lowest BCUT2D eigenvalue weighted by atomic mass is 10.2. The molecule has 2 unspecified atom stereocenters. The first-order chi connectivity index (χ1) is 10.3. The van der Waals surface area contributed by atoms with Gasteiger partial charge in [0, 0.05) is 18.2 Å². The molecule has 5 heteroatoms. The van der Waals surface area contributed by atoms with Crippen molar-refractivity contribution in [2.75, 3.05) is 13.2 Å². The second kappa shape index (κ2) is 5.59. The summed E-state index contributed by atoms with van der Waals surface area (Å²) in [7, 11) is 0. The molecule has 4 nitrogen and oxygen atoms in total. The minimum Gasteiger partial charge on any atom is -0.376 e. The Hall–Kier alpha value is -1.10. The van der Waals surface area contributed by atoms with Crippen LogP contribution in [-0.2, 0) is 16.0 Å². The molecule has 0 spiro atoms. The number of imidazole rings is 1. The lowest BCUT2D eigenvalue weighted by molar-refractivity contribution is 0.0837. The zero-order valence-corrected chi connectivity index (χ0v) is 12.7. The highest BCUT2D eigenvalue weighted by Gasteiger charge is 2.26. The third-order valence-electron chi connectivity index (χ3n) is 4.37. The molecule has 2 atom stereocenters. The molecule has 4 rings (SSSR count). The number of benzene rings is 1. The van der Waals surface area contributed by atoms with Crippen molar-refractivity contribution in [3.05, 3.63) is 29.0 Å². The van der Waals surface area contributed by atoms with Crippen molar-refractivity contribution in [3.63, 3.8) is 0 Å². The average molecular weight is 307 g/mol. The van der Waals surface area contributed by atoms with Crippen LogP contribution in [0.5, 0.6) is 0 Å². The third-order valence-corrected chi connectivity index (χ3v) is 4.60. The fraction of sp³-hybridized carbons (Fsp3) is 0.562. The minimum absolute atomic E-state index is 0.109. The monoisotopic (exact) mass is 306 g/mol. The fourth-order valence-corrected chi connectivity index (χ4v) is 3.50. The molecule has 2 aliphatic heterocycles. The number of aromatic nitrogens is 2. The maximum Gasteiger partial charge on any atom is 0.139 e. The first kappa shape index (κ1) is 13.6. The molecular formula is C16H19ClN2O2. The van der Waals surface area contributed by atoms with E-state index in [9.17, 15) is 0 Å². The first-order valence-electron chi connectivity index (χ1n) is 7.70. The summed E-state index contributed by atoms with van der Waals surface area (Å²) < 4.78 is 13.9. The van der Waals surface area contributed by atoms with E-state index in [1.54, 1.807) is 0 Å². The molecule has 2 aliphatic rings. The van der Waals surface area contributed by atoms with Crippen LogP contribution in [-0.4, -0.2) is 28.9 Å². The lowest BCUT2D eigenvalue weighted by Gasteiger charge is -2.16. The van der Waals surface area contributed by atoms with Crippen molar-refractivity contribution >= 4 is 22.6 Å². The fourth-order valence-electron chi connectivity index (χ4n) is 3.33. The summed E-state index contributed by atoms with van der Waals surface area (Å²) in [4.78, 5) is 4.80. The van der Waals surface area contributed by atoms with Crippen LogP contribution in [0.1, 0.15) is 37.6 Å². The first-order valence-corrected chi connectivity index (χ1v) is 8.08. The molecular weight excluding hydrogens is 288 g/mol. The van der Waals surface area contributed by atoms with Crippen LogP contribution in [0.15, 0.2) is 18.2 Å². The van der Waals surface area contributed by atoms with Crippen molar-refractivity contribution in [1.82, 2.24) is 9.55 Å². The maximum atomic E-state index is 6.11. The van der Waals surface area contributed by atoms with Crippen molar-refractivity contribution in [2.24, 2.45) is 0 Å². The highest BCUT2D eigenvalue weighted by molar-refractivity contribution is 6.31. The van der Waals surface area contributed by atoms with Crippen LogP contribution < -0.4 is 0 Å². The van der Waals surface area contributed by atoms with E-state index in [4.69, 9.17) is 26.1 Å². The van der Waals surface area contributed by atoms with Gasteiger partial charge in [-0.1, -0.05) is 11.6 Å². The van der Waals surface area contributed by atoms with Gasteiger partial charge in [0.2, 0.25) is 0 Å². The van der Waals surface area contributed by atoms with Crippen molar-refractivity contribution in [1.29, 1.82) is 0 Å². The van der Waals surface area contributed by atoms with Gasteiger partial charge in [0.05, 0.1) is 23.7 Å². The lowest BCUT2D eigenvalue weighted by Crippen LogP contribution is -2.18. The van der Waals surface area contributed by atoms with Crippen LogP contribution in [0.4, 0.5) is 0 Å². The number of hydrogen-bond donors (Lipinski definition) is 0. The van der Waals surface area contributed by atoms with Gasteiger partial charge in [0.1, 0.15) is 11.9 Å². The summed E-state index contributed by atoms with van der Waals surface area (Å²) in [5.41, 5.74) is 2.08. The molecule has 3 heterocycles. The Morgan fingerprint density at radius 3 is 2.81 bits per heavy atom. The zero-order chi connectivity index (χ0) is 14.2. The molecule has 0 N–H and O–H groups in total. The standard InChI is InChI=1S/C16H19ClN2O2/c17-11-5-6-14-13(9-11)18-16(15-4-2-8-21-15)19(14)10-12-3-1-7-20-12/h5-6,9,12,15H,1-4,7-8,10H2. The van der Waals surface area contributed by atoms with Gasteiger partial charge >= 0.3 is 0 Å². The van der Waals surface area contributed by atoms with E-state index >= 15 is 0 Å². The molecule has 0 radical (unpaired) electrons. The van der Waals surface area contributed by atoms with Gasteiger partial charge in [-0.2, -0.15) is 0 Å². The predicted octanol–water partition coefficient (Wildman–Crippen LogP) is 3.72. The van der Waals surface area contributed by atoms with Crippen LogP contribution in [0, 0.1) is 0 Å². The van der Waals surface area contributed by atoms with Gasteiger partial charge < -0.3 is 14.0 Å². The zero-order valence-electron chi connectivity index (χ0n) is 11.9. The van der Waals surface area contributed by atoms with Crippen LogP contribution >= 0.6 is 11.6 Å². The smallest absolute Gasteiger partial charge is 0.139 e. The summed E-state index contributed by atoms with van der Waals surface area (Å²) in [6.07, 6.45) is 4.82. The quantitative estimate of drug-likeness (QED) is 0.867.